The highest BCUT2D eigenvalue weighted by atomic mass is 16.5. The summed E-state index contributed by atoms with van der Waals surface area (Å²) in [7, 11) is 0. The summed E-state index contributed by atoms with van der Waals surface area (Å²) in [6.45, 7) is 2.10. The van der Waals surface area contributed by atoms with Crippen molar-refractivity contribution in [3.8, 4) is 11.8 Å². The number of nitrogens with one attached hydrogen (secondary N) is 1. The van der Waals surface area contributed by atoms with E-state index in [1.807, 2.05) is 0 Å². The number of carbonyl (C=O) groups is 2. The Bertz CT molecular complexity index is 704. The number of ether oxygens (including phenoxy) is 1. The summed E-state index contributed by atoms with van der Waals surface area (Å²) in [5.74, 6) is 0.273. The number of nitrogens with zero attached hydrogens (tertiary/aromatic N) is 2. The minimum Gasteiger partial charge on any atom is -0.489 e. The van der Waals surface area contributed by atoms with Crippen LogP contribution in [-0.4, -0.2) is 35.4 Å². The summed E-state index contributed by atoms with van der Waals surface area (Å²) < 4.78 is 5.92. The number of benzene rings is 1. The van der Waals surface area contributed by atoms with Crippen molar-refractivity contribution < 1.29 is 14.3 Å². The normalized spacial score (nSPS) is 20.3. The van der Waals surface area contributed by atoms with E-state index in [-0.39, 0.29) is 17.9 Å². The van der Waals surface area contributed by atoms with E-state index >= 15 is 0 Å². The third-order valence-electron chi connectivity index (χ3n) is 4.92. The molecule has 1 N–H and O–H groups in total. The summed E-state index contributed by atoms with van der Waals surface area (Å²) in [5.41, 5.74) is 0.968. The Balaban J connectivity index is 1.69. The van der Waals surface area contributed by atoms with Gasteiger partial charge in [0.25, 0.3) is 0 Å². The van der Waals surface area contributed by atoms with E-state index in [0.717, 1.165) is 32.1 Å². The highest BCUT2D eigenvalue weighted by Crippen LogP contribution is 2.28. The molecule has 3 rings (SSSR count). The van der Waals surface area contributed by atoms with E-state index in [2.05, 4.69) is 11.4 Å². The quantitative estimate of drug-likeness (QED) is 0.913. The van der Waals surface area contributed by atoms with Gasteiger partial charge in [-0.1, -0.05) is 0 Å². The van der Waals surface area contributed by atoms with Gasteiger partial charge in [0.05, 0.1) is 11.7 Å². The molecule has 1 atom stereocenters. The van der Waals surface area contributed by atoms with Gasteiger partial charge in [-0.2, -0.15) is 5.26 Å². The van der Waals surface area contributed by atoms with Crippen LogP contribution in [0.25, 0.3) is 0 Å². The zero-order chi connectivity index (χ0) is 17.8. The monoisotopic (exact) mass is 341 g/mol. The second kappa shape index (κ2) is 7.56. The molecular weight excluding hydrogens is 318 g/mol. The number of anilines is 1. The molecule has 0 radical (unpaired) electrons. The smallest absolute Gasteiger partial charge is 0.247 e. The lowest BCUT2D eigenvalue weighted by Crippen LogP contribution is -2.42. The summed E-state index contributed by atoms with van der Waals surface area (Å²) in [6.07, 6.45) is 6.03. The fraction of sp³-hybridized carbons (Fsp3) is 0.526. The van der Waals surface area contributed by atoms with Crippen molar-refractivity contribution in [2.75, 3.05) is 11.9 Å². The zero-order valence-corrected chi connectivity index (χ0v) is 14.5. The number of carbonyl (C=O) groups excluding carboxylic acids is 2. The number of amides is 2. The molecule has 1 aliphatic heterocycles. The van der Waals surface area contributed by atoms with Gasteiger partial charge in [0, 0.05) is 19.2 Å². The average Bonchev–Trinajstić information content (AvgIpc) is 3.27. The van der Waals surface area contributed by atoms with E-state index in [1.54, 1.807) is 23.1 Å². The van der Waals surface area contributed by atoms with Crippen LogP contribution in [0.15, 0.2) is 18.2 Å². The fourth-order valence-electron chi connectivity index (χ4n) is 3.63. The number of hydrogen-bond donors (Lipinski definition) is 1. The highest BCUT2D eigenvalue weighted by Gasteiger charge is 2.32. The Hall–Kier alpha value is -2.55. The Kier molecular flexibility index (Phi) is 5.22. The number of hydrogen-bond acceptors (Lipinski definition) is 4. The van der Waals surface area contributed by atoms with Crippen LogP contribution in [0.5, 0.6) is 5.75 Å². The minimum absolute atomic E-state index is 0.0873. The fourth-order valence-corrected chi connectivity index (χ4v) is 3.63. The lowest BCUT2D eigenvalue weighted by atomic mass is 10.1. The minimum atomic E-state index is -0.433. The van der Waals surface area contributed by atoms with Crippen molar-refractivity contribution in [2.45, 2.75) is 57.6 Å². The molecule has 1 aromatic rings. The molecule has 0 aromatic heterocycles. The summed E-state index contributed by atoms with van der Waals surface area (Å²) in [4.78, 5) is 25.7. The molecule has 1 heterocycles. The molecule has 1 aliphatic carbocycles. The van der Waals surface area contributed by atoms with E-state index < -0.39 is 6.04 Å². The molecule has 25 heavy (non-hydrogen) atoms. The summed E-state index contributed by atoms with van der Waals surface area (Å²) >= 11 is 0. The van der Waals surface area contributed by atoms with Gasteiger partial charge in [-0.3, -0.25) is 9.59 Å². The molecule has 6 nitrogen and oxygen atoms in total. The van der Waals surface area contributed by atoms with E-state index in [9.17, 15) is 14.9 Å². The largest absolute Gasteiger partial charge is 0.489 e. The van der Waals surface area contributed by atoms with Crippen molar-refractivity contribution in [1.29, 1.82) is 5.26 Å². The Labute approximate surface area is 147 Å². The standard InChI is InChI=1S/C19H23N3O3/c1-13(23)22-10-4-7-17(22)19(24)21-15-8-9-18(14(11-15)12-20)25-16-5-2-3-6-16/h8-9,11,16-17H,2-7,10H2,1H3,(H,21,24)/t17-/m0/s1. The highest BCUT2D eigenvalue weighted by molar-refractivity contribution is 5.97. The van der Waals surface area contributed by atoms with Crippen molar-refractivity contribution in [3.05, 3.63) is 23.8 Å². The summed E-state index contributed by atoms with van der Waals surface area (Å²) in [6, 6.07) is 6.83. The number of rotatable bonds is 4. The molecule has 6 heteroatoms. The molecule has 132 valence electrons. The number of likely N-dealkylation sites (tertiary alicyclic amines) is 1. The van der Waals surface area contributed by atoms with Gasteiger partial charge in [0.2, 0.25) is 11.8 Å². The van der Waals surface area contributed by atoms with Crippen LogP contribution < -0.4 is 10.1 Å². The first-order valence-electron chi connectivity index (χ1n) is 8.87. The second-order valence-corrected chi connectivity index (χ2v) is 6.71. The van der Waals surface area contributed by atoms with Gasteiger partial charge in [0.1, 0.15) is 17.9 Å². The molecule has 2 fully saturated rings. The van der Waals surface area contributed by atoms with Gasteiger partial charge in [-0.05, 0) is 56.7 Å². The maximum Gasteiger partial charge on any atom is 0.247 e. The van der Waals surface area contributed by atoms with E-state index in [4.69, 9.17) is 4.74 Å². The first kappa shape index (κ1) is 17.3. The molecule has 0 unspecified atom stereocenters. The molecule has 0 spiro atoms. The van der Waals surface area contributed by atoms with Crippen LogP contribution in [0.4, 0.5) is 5.69 Å². The molecule has 1 aromatic carbocycles. The van der Waals surface area contributed by atoms with Crippen LogP contribution >= 0.6 is 0 Å². The maximum absolute atomic E-state index is 12.5. The molecule has 0 bridgehead atoms. The molecule has 1 saturated carbocycles. The Morgan fingerprint density at radius 3 is 2.68 bits per heavy atom. The molecule has 1 saturated heterocycles. The van der Waals surface area contributed by atoms with Gasteiger partial charge in [-0.15, -0.1) is 0 Å². The lowest BCUT2D eigenvalue weighted by molar-refractivity contribution is -0.134. The van der Waals surface area contributed by atoms with Gasteiger partial charge in [0.15, 0.2) is 0 Å². The lowest BCUT2D eigenvalue weighted by Gasteiger charge is -2.22. The van der Waals surface area contributed by atoms with Gasteiger partial charge < -0.3 is 15.0 Å². The van der Waals surface area contributed by atoms with Crippen LogP contribution in [-0.2, 0) is 9.59 Å². The predicted molar refractivity (Wildman–Crippen MR) is 93.1 cm³/mol. The summed E-state index contributed by atoms with van der Waals surface area (Å²) in [5, 5.41) is 12.2. The molecule has 2 aliphatic rings. The van der Waals surface area contributed by atoms with Crippen LogP contribution in [0, 0.1) is 11.3 Å². The third-order valence-corrected chi connectivity index (χ3v) is 4.92. The Morgan fingerprint density at radius 1 is 1.24 bits per heavy atom. The molecular formula is C19H23N3O3. The average molecular weight is 341 g/mol. The van der Waals surface area contributed by atoms with E-state index in [0.29, 0.717) is 30.0 Å². The van der Waals surface area contributed by atoms with Crippen molar-refractivity contribution in [2.24, 2.45) is 0 Å². The van der Waals surface area contributed by atoms with E-state index in [1.165, 1.54) is 6.92 Å². The van der Waals surface area contributed by atoms with Crippen LogP contribution in [0.1, 0.15) is 51.0 Å². The van der Waals surface area contributed by atoms with Crippen molar-refractivity contribution in [1.82, 2.24) is 4.90 Å². The van der Waals surface area contributed by atoms with Crippen LogP contribution in [0.2, 0.25) is 0 Å². The predicted octanol–water partition coefficient (Wildman–Crippen LogP) is 2.83. The maximum atomic E-state index is 12.5. The topological polar surface area (TPSA) is 82.4 Å². The van der Waals surface area contributed by atoms with Crippen LogP contribution in [0.3, 0.4) is 0 Å². The SMILES string of the molecule is CC(=O)N1CCC[C@H]1C(=O)Nc1ccc(OC2CCCC2)c(C#N)c1. The number of nitriles is 1. The first-order chi connectivity index (χ1) is 12.1. The molecule has 2 amide bonds. The first-order valence-corrected chi connectivity index (χ1v) is 8.87. The van der Waals surface area contributed by atoms with Crippen molar-refractivity contribution >= 4 is 17.5 Å². The third kappa shape index (κ3) is 3.93. The Morgan fingerprint density at radius 2 is 2.00 bits per heavy atom. The zero-order valence-electron chi connectivity index (χ0n) is 14.5. The van der Waals surface area contributed by atoms with Gasteiger partial charge in [-0.25, -0.2) is 0 Å². The van der Waals surface area contributed by atoms with Gasteiger partial charge >= 0.3 is 0 Å². The second-order valence-electron chi connectivity index (χ2n) is 6.71. The van der Waals surface area contributed by atoms with Crippen molar-refractivity contribution in [3.63, 3.8) is 0 Å².